The van der Waals surface area contributed by atoms with Gasteiger partial charge in [0.05, 0.1) is 6.61 Å². The van der Waals surface area contributed by atoms with Crippen molar-refractivity contribution in [3.8, 4) is 11.8 Å². The second-order valence-electron chi connectivity index (χ2n) is 4.87. The normalized spacial score (nSPS) is 15.4. The molecule has 1 amide bonds. The standard InChI is InChI=1S/C15H17NO2/c1-15(8-9-15)16-14(18)13-7-4-6-12(11-13)5-2-3-10-17/h4,6-7,11,17H,3,8-10H2,1H3,(H,16,18). The second-order valence-corrected chi connectivity index (χ2v) is 4.87. The molecule has 0 bridgehead atoms. The fraction of sp³-hybridized carbons (Fsp3) is 0.400. The van der Waals surface area contributed by atoms with Gasteiger partial charge in [0.25, 0.3) is 5.91 Å². The van der Waals surface area contributed by atoms with Crippen molar-refractivity contribution in [1.29, 1.82) is 0 Å². The van der Waals surface area contributed by atoms with Crippen molar-refractivity contribution in [2.24, 2.45) is 0 Å². The Morgan fingerprint density at radius 3 is 2.94 bits per heavy atom. The van der Waals surface area contributed by atoms with Crippen LogP contribution in [0.4, 0.5) is 0 Å². The van der Waals surface area contributed by atoms with Crippen LogP contribution in [0.25, 0.3) is 0 Å². The van der Waals surface area contributed by atoms with Crippen molar-refractivity contribution in [2.45, 2.75) is 31.7 Å². The lowest BCUT2D eigenvalue weighted by Gasteiger charge is -2.11. The first kappa shape index (κ1) is 12.7. The Balaban J connectivity index is 2.07. The summed E-state index contributed by atoms with van der Waals surface area (Å²) >= 11 is 0. The van der Waals surface area contributed by atoms with E-state index in [1.807, 2.05) is 12.1 Å². The highest BCUT2D eigenvalue weighted by Crippen LogP contribution is 2.34. The van der Waals surface area contributed by atoms with Crippen molar-refractivity contribution in [3.05, 3.63) is 35.4 Å². The average Bonchev–Trinajstić information content (AvgIpc) is 3.07. The molecule has 0 radical (unpaired) electrons. The zero-order chi connectivity index (χ0) is 13.0. The molecule has 0 atom stereocenters. The first-order valence-corrected chi connectivity index (χ1v) is 6.15. The van der Waals surface area contributed by atoms with Gasteiger partial charge in [0.1, 0.15) is 0 Å². The van der Waals surface area contributed by atoms with E-state index in [0.717, 1.165) is 18.4 Å². The van der Waals surface area contributed by atoms with E-state index in [9.17, 15) is 4.79 Å². The molecule has 1 aromatic carbocycles. The third kappa shape index (κ3) is 3.35. The van der Waals surface area contributed by atoms with Crippen LogP contribution in [0.15, 0.2) is 24.3 Å². The molecule has 3 nitrogen and oxygen atoms in total. The van der Waals surface area contributed by atoms with Crippen molar-refractivity contribution >= 4 is 5.91 Å². The molecule has 2 rings (SSSR count). The largest absolute Gasteiger partial charge is 0.395 e. The lowest BCUT2D eigenvalue weighted by molar-refractivity contribution is 0.0935. The third-order valence-corrected chi connectivity index (χ3v) is 3.01. The van der Waals surface area contributed by atoms with Crippen LogP contribution in [0.3, 0.4) is 0 Å². The summed E-state index contributed by atoms with van der Waals surface area (Å²) in [7, 11) is 0. The van der Waals surface area contributed by atoms with Crippen LogP contribution in [0.2, 0.25) is 0 Å². The molecule has 1 saturated carbocycles. The number of nitrogens with one attached hydrogen (secondary N) is 1. The van der Waals surface area contributed by atoms with Gasteiger partial charge in [0.2, 0.25) is 0 Å². The highest BCUT2D eigenvalue weighted by molar-refractivity contribution is 5.95. The Morgan fingerprint density at radius 1 is 1.50 bits per heavy atom. The van der Waals surface area contributed by atoms with E-state index in [0.29, 0.717) is 12.0 Å². The van der Waals surface area contributed by atoms with E-state index in [1.54, 1.807) is 12.1 Å². The van der Waals surface area contributed by atoms with Gasteiger partial charge in [-0.05, 0) is 38.0 Å². The fourth-order valence-corrected chi connectivity index (χ4v) is 1.62. The zero-order valence-corrected chi connectivity index (χ0v) is 10.5. The molecule has 2 N–H and O–H groups in total. The maximum absolute atomic E-state index is 12.0. The van der Waals surface area contributed by atoms with E-state index in [-0.39, 0.29) is 18.1 Å². The van der Waals surface area contributed by atoms with Gasteiger partial charge in [-0.3, -0.25) is 4.79 Å². The maximum Gasteiger partial charge on any atom is 0.251 e. The summed E-state index contributed by atoms with van der Waals surface area (Å²) in [6.45, 7) is 2.11. The van der Waals surface area contributed by atoms with Crippen molar-refractivity contribution in [3.63, 3.8) is 0 Å². The zero-order valence-electron chi connectivity index (χ0n) is 10.5. The Kier molecular flexibility index (Phi) is 3.69. The van der Waals surface area contributed by atoms with Gasteiger partial charge in [-0.25, -0.2) is 0 Å². The Hall–Kier alpha value is -1.79. The van der Waals surface area contributed by atoms with Gasteiger partial charge < -0.3 is 10.4 Å². The van der Waals surface area contributed by atoms with Gasteiger partial charge in [-0.1, -0.05) is 17.9 Å². The smallest absolute Gasteiger partial charge is 0.251 e. The number of rotatable bonds is 3. The maximum atomic E-state index is 12.0. The molecule has 3 heteroatoms. The third-order valence-electron chi connectivity index (χ3n) is 3.01. The molecule has 0 saturated heterocycles. The first-order valence-electron chi connectivity index (χ1n) is 6.15. The van der Waals surface area contributed by atoms with Crippen LogP contribution in [0, 0.1) is 11.8 Å². The molecule has 1 aromatic rings. The van der Waals surface area contributed by atoms with Crippen LogP contribution in [-0.2, 0) is 0 Å². The minimum Gasteiger partial charge on any atom is -0.395 e. The highest BCUT2D eigenvalue weighted by atomic mass is 16.2. The van der Waals surface area contributed by atoms with Crippen LogP contribution >= 0.6 is 0 Å². The first-order chi connectivity index (χ1) is 8.63. The number of hydrogen-bond acceptors (Lipinski definition) is 2. The molecular formula is C15H17NO2. The number of hydrogen-bond donors (Lipinski definition) is 2. The SMILES string of the molecule is CC1(NC(=O)c2cccc(C#CCCO)c2)CC1. The Labute approximate surface area is 107 Å². The summed E-state index contributed by atoms with van der Waals surface area (Å²) in [5.74, 6) is 5.73. The second kappa shape index (κ2) is 5.24. The Morgan fingerprint density at radius 2 is 2.28 bits per heavy atom. The van der Waals surface area contributed by atoms with E-state index >= 15 is 0 Å². The van der Waals surface area contributed by atoms with Crippen molar-refractivity contribution in [1.82, 2.24) is 5.32 Å². The van der Waals surface area contributed by atoms with Crippen molar-refractivity contribution in [2.75, 3.05) is 6.61 Å². The average molecular weight is 243 g/mol. The summed E-state index contributed by atoms with van der Waals surface area (Å²) in [6.07, 6.45) is 2.55. The minimum absolute atomic E-state index is 0.00431. The predicted molar refractivity (Wildman–Crippen MR) is 70.1 cm³/mol. The van der Waals surface area contributed by atoms with E-state index in [1.165, 1.54) is 0 Å². The lowest BCUT2D eigenvalue weighted by atomic mass is 10.1. The van der Waals surface area contributed by atoms with Crippen LogP contribution in [-0.4, -0.2) is 23.2 Å². The lowest BCUT2D eigenvalue weighted by Crippen LogP contribution is -2.34. The Bertz CT molecular complexity index is 507. The number of amides is 1. The number of aliphatic hydroxyl groups is 1. The molecule has 0 heterocycles. The van der Waals surface area contributed by atoms with Crippen LogP contribution < -0.4 is 5.32 Å². The minimum atomic E-state index is -0.0409. The topological polar surface area (TPSA) is 49.3 Å². The molecule has 1 aliphatic carbocycles. The van der Waals surface area contributed by atoms with Gasteiger partial charge in [-0.2, -0.15) is 0 Å². The monoisotopic (exact) mass is 243 g/mol. The molecule has 0 spiro atoms. The van der Waals surface area contributed by atoms with E-state index < -0.39 is 0 Å². The molecule has 94 valence electrons. The summed E-state index contributed by atoms with van der Waals surface area (Å²) in [6, 6.07) is 7.26. The number of carbonyl (C=O) groups excluding carboxylic acids is 1. The molecule has 1 aliphatic rings. The number of carbonyl (C=O) groups is 1. The molecular weight excluding hydrogens is 226 g/mol. The summed E-state index contributed by atoms with van der Waals surface area (Å²) in [5.41, 5.74) is 1.44. The number of aliphatic hydroxyl groups excluding tert-OH is 1. The molecule has 0 aliphatic heterocycles. The molecule has 0 aromatic heterocycles. The molecule has 1 fully saturated rings. The van der Waals surface area contributed by atoms with Gasteiger partial charge in [0, 0.05) is 23.1 Å². The van der Waals surface area contributed by atoms with Crippen LogP contribution in [0.1, 0.15) is 42.1 Å². The van der Waals surface area contributed by atoms with Gasteiger partial charge in [-0.15, -0.1) is 0 Å². The summed E-state index contributed by atoms with van der Waals surface area (Å²) in [4.78, 5) is 12.0. The fourth-order valence-electron chi connectivity index (χ4n) is 1.62. The van der Waals surface area contributed by atoms with Gasteiger partial charge in [0.15, 0.2) is 0 Å². The molecule has 0 unspecified atom stereocenters. The van der Waals surface area contributed by atoms with E-state index in [4.69, 9.17) is 5.11 Å². The number of benzene rings is 1. The quantitative estimate of drug-likeness (QED) is 0.794. The highest BCUT2D eigenvalue weighted by Gasteiger charge is 2.38. The van der Waals surface area contributed by atoms with Crippen molar-refractivity contribution < 1.29 is 9.90 Å². The summed E-state index contributed by atoms with van der Waals surface area (Å²) < 4.78 is 0. The predicted octanol–water partition coefficient (Wildman–Crippen LogP) is 1.70. The van der Waals surface area contributed by atoms with E-state index in [2.05, 4.69) is 24.1 Å². The molecule has 18 heavy (non-hydrogen) atoms. The van der Waals surface area contributed by atoms with Gasteiger partial charge >= 0.3 is 0 Å². The summed E-state index contributed by atoms with van der Waals surface area (Å²) in [5, 5.41) is 11.7. The van der Waals surface area contributed by atoms with Crippen LogP contribution in [0.5, 0.6) is 0 Å².